The van der Waals surface area contributed by atoms with Gasteiger partial charge in [0.25, 0.3) is 5.56 Å². The molecule has 2 aromatic heterocycles. The first-order valence-electron chi connectivity index (χ1n) is 23.7. The summed E-state index contributed by atoms with van der Waals surface area (Å²) in [4.78, 5) is 45.5. The Morgan fingerprint density at radius 1 is 0.697 bits per heavy atom. The molecule has 0 amide bonds. The van der Waals surface area contributed by atoms with E-state index in [1.165, 1.54) is 10.8 Å². The number of nitro groups is 1. The van der Waals surface area contributed by atoms with E-state index in [0.717, 1.165) is 4.57 Å². The Hall–Kier alpha value is -2.60. The number of fused-ring (bicyclic) bond motifs is 1. The highest BCUT2D eigenvalue weighted by molar-refractivity contribution is 6.75. The first-order valence-corrected chi connectivity index (χ1v) is 35.3. The highest BCUT2D eigenvalue weighted by Crippen LogP contribution is 2.45. The van der Waals surface area contributed by atoms with Crippen molar-refractivity contribution in [3.05, 3.63) is 66.7 Å². The van der Waals surface area contributed by atoms with Crippen molar-refractivity contribution in [3.63, 3.8) is 0 Å². The van der Waals surface area contributed by atoms with Crippen LogP contribution in [-0.2, 0) is 33.7 Å². The first kappa shape index (κ1) is 54.3. The van der Waals surface area contributed by atoms with Crippen molar-refractivity contribution in [2.45, 2.75) is 219 Å². The Balaban J connectivity index is 1.49. The largest absolute Gasteiger partial charge is 0.414 e. The van der Waals surface area contributed by atoms with Gasteiger partial charge >= 0.3 is 11.4 Å². The van der Waals surface area contributed by atoms with Gasteiger partial charge in [0, 0.05) is 24.6 Å². The topological polar surface area (TPSA) is 160 Å². The number of rotatable bonds is 15. The summed E-state index contributed by atoms with van der Waals surface area (Å²) in [6, 6.07) is 3.36. The molecule has 0 unspecified atom stereocenters. The predicted octanol–water partition coefficient (Wildman–Crippen LogP) is 11.0. The van der Waals surface area contributed by atoms with Gasteiger partial charge in [0.05, 0.1) is 54.3 Å². The van der Waals surface area contributed by atoms with Gasteiger partial charge in [-0.05, 0) is 91.6 Å². The van der Waals surface area contributed by atoms with E-state index in [1.807, 2.05) is 4.57 Å². The van der Waals surface area contributed by atoms with Crippen LogP contribution in [0.2, 0.25) is 72.5 Å². The Bertz CT molecular complexity index is 2360. The molecule has 1 aromatic carbocycles. The second kappa shape index (κ2) is 18.6. The molecular formula is C47H83N5O10Si4. The van der Waals surface area contributed by atoms with Crippen LogP contribution in [0.15, 0.2) is 34.2 Å². The number of ether oxygens (including phenoxy) is 2. The number of nitro benzene ring substituents is 1. The Morgan fingerprint density at radius 3 is 1.53 bits per heavy atom. The van der Waals surface area contributed by atoms with Gasteiger partial charge in [-0.1, -0.05) is 83.1 Å². The lowest BCUT2D eigenvalue weighted by molar-refractivity contribution is -0.384. The molecule has 66 heavy (non-hydrogen) atoms. The summed E-state index contributed by atoms with van der Waals surface area (Å²) < 4.78 is 45.1. The van der Waals surface area contributed by atoms with E-state index in [9.17, 15) is 19.7 Å². The van der Waals surface area contributed by atoms with E-state index in [0.29, 0.717) is 37.1 Å². The second-order valence-corrected chi connectivity index (χ2v) is 44.1. The summed E-state index contributed by atoms with van der Waals surface area (Å²) >= 11 is 0. The number of benzene rings is 1. The smallest absolute Gasteiger partial charge is 0.333 e. The molecule has 0 spiro atoms. The van der Waals surface area contributed by atoms with E-state index in [1.54, 1.807) is 25.4 Å². The van der Waals surface area contributed by atoms with Crippen LogP contribution in [-0.4, -0.2) is 94.5 Å². The highest BCUT2D eigenvalue weighted by Gasteiger charge is 2.49. The minimum atomic E-state index is -2.29. The quantitative estimate of drug-likeness (QED) is 0.0810. The van der Waals surface area contributed by atoms with E-state index in [4.69, 9.17) is 27.2 Å². The molecule has 2 aliphatic heterocycles. The van der Waals surface area contributed by atoms with Gasteiger partial charge in [0.15, 0.2) is 38.8 Å². The molecule has 2 fully saturated rings. The van der Waals surface area contributed by atoms with Crippen molar-refractivity contribution < 1.29 is 32.1 Å². The van der Waals surface area contributed by atoms with Gasteiger partial charge in [-0.2, -0.15) is 0 Å². The number of hydrogen-bond donors (Lipinski definition) is 0. The van der Waals surface area contributed by atoms with Crippen LogP contribution in [0.25, 0.3) is 11.0 Å². The summed E-state index contributed by atoms with van der Waals surface area (Å²) in [5.41, 5.74) is -0.343. The molecule has 0 N–H and O–H groups in total. The normalized spacial score (nSPS) is 23.0. The molecule has 4 heterocycles. The third-order valence-electron chi connectivity index (χ3n) is 16.0. The Labute approximate surface area is 397 Å². The van der Waals surface area contributed by atoms with Crippen molar-refractivity contribution in [2.24, 2.45) is 0 Å². The van der Waals surface area contributed by atoms with Crippen LogP contribution < -0.4 is 11.2 Å². The molecule has 0 radical (unpaired) electrons. The fourth-order valence-electron chi connectivity index (χ4n) is 7.38. The lowest BCUT2D eigenvalue weighted by atomic mass is 10.1. The average Bonchev–Trinajstić information content (AvgIpc) is 3.87. The average molecular weight is 991 g/mol. The second-order valence-electron chi connectivity index (χ2n) is 24.9. The zero-order chi connectivity index (χ0) is 50.1. The summed E-state index contributed by atoms with van der Waals surface area (Å²) in [6.07, 6.45) is 1.25. The number of nitrogens with zero attached hydrogens (tertiary/aromatic N) is 5. The molecular weight excluding hydrogens is 907 g/mol. The zero-order valence-corrected chi connectivity index (χ0v) is 48.1. The minimum Gasteiger partial charge on any atom is -0.414 e. The van der Waals surface area contributed by atoms with Gasteiger partial charge in [0.2, 0.25) is 0 Å². The van der Waals surface area contributed by atoms with Crippen LogP contribution in [0.5, 0.6) is 0 Å². The molecule has 15 nitrogen and oxygen atoms in total. The van der Waals surface area contributed by atoms with Gasteiger partial charge < -0.3 is 31.7 Å². The van der Waals surface area contributed by atoms with Crippen molar-refractivity contribution in [1.82, 2.24) is 18.7 Å². The van der Waals surface area contributed by atoms with Crippen LogP contribution in [0.3, 0.4) is 0 Å². The summed E-state index contributed by atoms with van der Waals surface area (Å²) in [7, 11) is -8.83. The van der Waals surface area contributed by atoms with Crippen LogP contribution in [0.1, 0.15) is 120 Å². The van der Waals surface area contributed by atoms with E-state index < -0.39 is 68.0 Å². The predicted molar refractivity (Wildman–Crippen MR) is 273 cm³/mol. The van der Waals surface area contributed by atoms with Crippen molar-refractivity contribution >= 4 is 50.0 Å². The molecule has 0 saturated carbocycles. The fraction of sp³-hybridized carbons (Fsp3) is 0.766. The Morgan fingerprint density at radius 2 is 1.12 bits per heavy atom. The summed E-state index contributed by atoms with van der Waals surface area (Å²) in [5.74, 6) is 0. The van der Waals surface area contributed by atoms with E-state index in [-0.39, 0.29) is 61.8 Å². The maximum Gasteiger partial charge on any atom is 0.333 e. The monoisotopic (exact) mass is 990 g/mol. The van der Waals surface area contributed by atoms with Crippen LogP contribution >= 0.6 is 0 Å². The Kier molecular flexibility index (Phi) is 15.3. The molecule has 0 aliphatic carbocycles. The minimum absolute atomic E-state index is 0.00463. The third kappa shape index (κ3) is 11.2. The zero-order valence-electron chi connectivity index (χ0n) is 44.1. The highest BCUT2D eigenvalue weighted by atomic mass is 28.4. The van der Waals surface area contributed by atoms with Crippen LogP contribution in [0.4, 0.5) is 5.69 Å². The fourth-order valence-corrected chi connectivity index (χ4v) is 12.1. The van der Waals surface area contributed by atoms with Crippen LogP contribution in [0, 0.1) is 17.0 Å². The van der Waals surface area contributed by atoms with Gasteiger partial charge in [-0.15, -0.1) is 0 Å². The molecule has 2 aliphatic rings. The number of aromatic nitrogens is 4. The number of imidazole rings is 1. The van der Waals surface area contributed by atoms with Crippen molar-refractivity contribution in [3.8, 4) is 0 Å². The van der Waals surface area contributed by atoms with Crippen molar-refractivity contribution in [1.29, 1.82) is 0 Å². The molecule has 0 bridgehead atoms. The third-order valence-corrected chi connectivity index (χ3v) is 34.0. The van der Waals surface area contributed by atoms with Gasteiger partial charge in [-0.3, -0.25) is 24.0 Å². The molecule has 6 atom stereocenters. The molecule has 5 rings (SSSR count). The first-order chi connectivity index (χ1) is 29.8. The SMILES string of the molecule is Cc1cn([C@H]2C[C@H](O[Si](C)(C)C(C)(C)C)[C@@H](CO[Si](C)(C)C(C)(C)C)O2)c(=O)n(Cc2ccc3c(ncn3[C@H]3C[C@H](O[Si](C)(C)C(C)(C)C)[C@@H](CO[Si](C)(C)C(C)(C)C)O3)c2[N+](=O)[O-])c1=O. The molecule has 372 valence electrons. The summed E-state index contributed by atoms with van der Waals surface area (Å²) in [5, 5.41) is 12.9. The van der Waals surface area contributed by atoms with E-state index >= 15 is 0 Å². The summed E-state index contributed by atoms with van der Waals surface area (Å²) in [6.45, 7) is 46.0. The number of hydrogen-bond acceptors (Lipinski definition) is 11. The maximum atomic E-state index is 14.5. The standard InChI is InChI=1S/C47H83N5O10Si4/c1-31-26-49(38-24-34(61-65(18,19)46(8,9)10)36(59-38)28-57-63(14,15)44(2,3)4)43(54)50(42(31)53)27-32-22-23-33-40(41(32)52(55)56)48-30-51(33)39-25-35(62-66(20,21)47(11,12)13)37(60-39)29-58-64(16,17)45(5,6)7/h22-23,26,30,34-39H,24-25,27-29H2,1-21H3/t34-,35-,36+,37+,38+,39+/m0/s1. The van der Waals surface area contributed by atoms with Crippen molar-refractivity contribution in [2.75, 3.05) is 13.2 Å². The molecule has 19 heteroatoms. The lowest BCUT2D eigenvalue weighted by Gasteiger charge is -2.40. The maximum absolute atomic E-state index is 14.5. The molecule has 3 aromatic rings. The van der Waals surface area contributed by atoms with Gasteiger partial charge in [-0.25, -0.2) is 9.78 Å². The van der Waals surface area contributed by atoms with E-state index in [2.05, 4.69) is 140 Å². The van der Waals surface area contributed by atoms with Gasteiger partial charge in [0.1, 0.15) is 24.7 Å². The molecule has 2 saturated heterocycles. The number of aryl methyl sites for hydroxylation is 1. The lowest BCUT2D eigenvalue weighted by Crippen LogP contribution is -2.48.